The Labute approximate surface area is 138 Å². The van der Waals surface area contributed by atoms with E-state index in [0.717, 1.165) is 15.4 Å². The fourth-order valence-electron chi connectivity index (χ4n) is 2.56. The number of hydrogen-bond acceptors (Lipinski definition) is 2. The summed E-state index contributed by atoms with van der Waals surface area (Å²) in [5.74, 6) is -0.125. The molecule has 1 heterocycles. The lowest BCUT2D eigenvalue weighted by molar-refractivity contribution is 0.0996. The van der Waals surface area contributed by atoms with E-state index in [1.54, 1.807) is 36.4 Å². The van der Waals surface area contributed by atoms with E-state index >= 15 is 0 Å². The van der Waals surface area contributed by atoms with E-state index in [-0.39, 0.29) is 5.75 Å². The number of hydrogen-bond donors (Lipinski definition) is 0. The normalized spacial score (nSPS) is 17.0. The van der Waals surface area contributed by atoms with E-state index in [1.807, 2.05) is 24.3 Å². The van der Waals surface area contributed by atoms with Gasteiger partial charge in [0.05, 0.1) is 11.3 Å². The molecule has 4 rings (SSSR count). The molecule has 1 aliphatic heterocycles. The second kappa shape index (κ2) is 5.48. The largest absolute Gasteiger partial charge is 0.428 e. The average molecular weight is 346 g/mol. The third kappa shape index (κ3) is 2.44. The Balaban J connectivity index is 1.83. The van der Waals surface area contributed by atoms with Crippen molar-refractivity contribution >= 4 is 42.6 Å². The molecular formula is C17H10ClFNO2P. The summed E-state index contributed by atoms with van der Waals surface area (Å²) < 4.78 is 20.9. The van der Waals surface area contributed by atoms with Crippen molar-refractivity contribution < 1.29 is 13.5 Å². The third-order valence-corrected chi connectivity index (χ3v) is 5.00. The standard InChI is InChI=1S/C17H10ClFNO2P/c18-13-5-7-14(8-6-13)20-17(21)15-9-11-3-1-2-4-12(11)10-16(15)22-23(20)19/h1-10H. The first-order valence-corrected chi connectivity index (χ1v) is 8.38. The summed E-state index contributed by atoms with van der Waals surface area (Å²) in [5.41, 5.74) is 0.780. The average Bonchev–Trinajstić information content (AvgIpc) is 2.55. The predicted octanol–water partition coefficient (Wildman–Crippen LogP) is 5.73. The molecule has 1 atom stereocenters. The van der Waals surface area contributed by atoms with E-state index in [4.69, 9.17) is 16.1 Å². The highest BCUT2D eigenvalue weighted by Crippen LogP contribution is 2.52. The molecule has 0 saturated carbocycles. The van der Waals surface area contributed by atoms with Crippen LogP contribution < -0.4 is 9.19 Å². The molecular weight excluding hydrogens is 336 g/mol. The molecule has 6 heteroatoms. The zero-order valence-electron chi connectivity index (χ0n) is 11.7. The lowest BCUT2D eigenvalue weighted by atomic mass is 10.1. The molecule has 0 bridgehead atoms. The fraction of sp³-hybridized carbons (Fsp3) is 0. The van der Waals surface area contributed by atoms with Gasteiger partial charge in [-0.05, 0) is 47.2 Å². The Morgan fingerprint density at radius 2 is 1.65 bits per heavy atom. The summed E-state index contributed by atoms with van der Waals surface area (Å²) in [6.07, 6.45) is 0. The Bertz CT molecular complexity index is 916. The van der Waals surface area contributed by atoms with Gasteiger partial charge >= 0.3 is 8.61 Å². The van der Waals surface area contributed by atoms with Crippen LogP contribution in [0, 0.1) is 0 Å². The molecule has 0 N–H and O–H groups in total. The molecule has 1 amide bonds. The first kappa shape index (κ1) is 14.4. The van der Waals surface area contributed by atoms with Gasteiger partial charge in [-0.3, -0.25) is 4.79 Å². The van der Waals surface area contributed by atoms with E-state index in [1.165, 1.54) is 0 Å². The van der Waals surface area contributed by atoms with E-state index in [0.29, 0.717) is 16.3 Å². The van der Waals surface area contributed by atoms with Crippen LogP contribution in [0.1, 0.15) is 10.4 Å². The molecule has 3 aromatic carbocycles. The van der Waals surface area contributed by atoms with Gasteiger partial charge in [-0.1, -0.05) is 35.9 Å². The summed E-state index contributed by atoms with van der Waals surface area (Å²) >= 11 is 5.85. The maximum Gasteiger partial charge on any atom is 0.401 e. The summed E-state index contributed by atoms with van der Waals surface area (Å²) in [6.45, 7) is 0. The van der Waals surface area contributed by atoms with Crippen molar-refractivity contribution in [1.82, 2.24) is 0 Å². The van der Waals surface area contributed by atoms with Gasteiger partial charge in [0, 0.05) is 5.02 Å². The minimum absolute atomic E-state index is 0.285. The summed E-state index contributed by atoms with van der Waals surface area (Å²) in [4.78, 5) is 12.7. The Hall–Kier alpha value is -2.16. The van der Waals surface area contributed by atoms with Gasteiger partial charge in [-0.25, -0.2) is 4.67 Å². The zero-order valence-corrected chi connectivity index (χ0v) is 13.4. The van der Waals surface area contributed by atoms with Crippen molar-refractivity contribution in [2.24, 2.45) is 0 Å². The van der Waals surface area contributed by atoms with Gasteiger partial charge in [0.1, 0.15) is 5.75 Å². The quantitative estimate of drug-likeness (QED) is 0.527. The van der Waals surface area contributed by atoms with Crippen LogP contribution in [0.2, 0.25) is 5.02 Å². The van der Waals surface area contributed by atoms with Gasteiger partial charge in [0.15, 0.2) is 0 Å². The molecule has 23 heavy (non-hydrogen) atoms. The lowest BCUT2D eigenvalue weighted by Crippen LogP contribution is -2.30. The summed E-state index contributed by atoms with van der Waals surface area (Å²) in [6, 6.07) is 17.5. The lowest BCUT2D eigenvalue weighted by Gasteiger charge is -2.30. The molecule has 3 aromatic rings. The summed E-state index contributed by atoms with van der Waals surface area (Å²) in [7, 11) is -2.58. The Morgan fingerprint density at radius 3 is 2.35 bits per heavy atom. The molecule has 0 saturated heterocycles. The molecule has 0 fully saturated rings. The molecule has 0 radical (unpaired) electrons. The summed E-state index contributed by atoms with van der Waals surface area (Å²) in [5, 5.41) is 2.33. The first-order chi connectivity index (χ1) is 11.1. The molecule has 3 nitrogen and oxygen atoms in total. The van der Waals surface area contributed by atoms with E-state index in [9.17, 15) is 8.99 Å². The number of nitrogens with zero attached hydrogens (tertiary/aromatic N) is 1. The molecule has 0 aromatic heterocycles. The van der Waals surface area contributed by atoms with Gasteiger partial charge in [0.25, 0.3) is 5.91 Å². The van der Waals surface area contributed by atoms with Crippen molar-refractivity contribution in [3.8, 4) is 5.75 Å². The Morgan fingerprint density at radius 1 is 1.00 bits per heavy atom. The number of benzene rings is 3. The minimum Gasteiger partial charge on any atom is -0.428 e. The molecule has 0 aliphatic carbocycles. The first-order valence-electron chi connectivity index (χ1n) is 6.90. The van der Waals surface area contributed by atoms with Crippen molar-refractivity contribution in [2.45, 2.75) is 0 Å². The van der Waals surface area contributed by atoms with Crippen LogP contribution >= 0.6 is 20.2 Å². The number of halogens is 2. The zero-order chi connectivity index (χ0) is 16.0. The monoisotopic (exact) mass is 345 g/mol. The van der Waals surface area contributed by atoms with Crippen LogP contribution in [0.5, 0.6) is 5.75 Å². The number of rotatable bonds is 1. The minimum atomic E-state index is -2.58. The van der Waals surface area contributed by atoms with Gasteiger partial charge in [0.2, 0.25) is 0 Å². The van der Waals surface area contributed by atoms with Crippen LogP contribution in [0.4, 0.5) is 9.88 Å². The number of amides is 1. The number of carbonyl (C=O) groups is 1. The molecule has 114 valence electrons. The number of carbonyl (C=O) groups excluding carboxylic acids is 1. The maximum atomic E-state index is 14.5. The maximum absolute atomic E-state index is 14.5. The van der Waals surface area contributed by atoms with E-state index in [2.05, 4.69) is 0 Å². The Kier molecular flexibility index (Phi) is 3.44. The fourth-order valence-corrected chi connectivity index (χ4v) is 3.65. The van der Waals surface area contributed by atoms with Crippen LogP contribution in [-0.2, 0) is 0 Å². The second-order valence-electron chi connectivity index (χ2n) is 5.11. The molecule has 1 unspecified atom stereocenters. The van der Waals surface area contributed by atoms with Crippen LogP contribution in [-0.4, -0.2) is 5.91 Å². The van der Waals surface area contributed by atoms with Crippen LogP contribution in [0.25, 0.3) is 10.8 Å². The second-order valence-corrected chi connectivity index (χ2v) is 6.58. The van der Waals surface area contributed by atoms with Crippen molar-refractivity contribution in [3.05, 3.63) is 71.2 Å². The van der Waals surface area contributed by atoms with E-state index < -0.39 is 14.5 Å². The van der Waals surface area contributed by atoms with Crippen molar-refractivity contribution in [2.75, 3.05) is 4.67 Å². The predicted molar refractivity (Wildman–Crippen MR) is 90.9 cm³/mol. The molecule has 1 aliphatic rings. The van der Waals surface area contributed by atoms with Gasteiger partial charge < -0.3 is 4.52 Å². The van der Waals surface area contributed by atoms with Crippen molar-refractivity contribution in [3.63, 3.8) is 0 Å². The third-order valence-electron chi connectivity index (χ3n) is 3.67. The highest BCUT2D eigenvalue weighted by atomic mass is 35.5. The highest BCUT2D eigenvalue weighted by Gasteiger charge is 2.37. The molecule has 0 spiro atoms. The number of anilines is 1. The van der Waals surface area contributed by atoms with Gasteiger partial charge in [-0.2, -0.15) is 4.20 Å². The number of fused-ring (bicyclic) bond motifs is 2. The SMILES string of the molecule is O=C1c2cc3ccccc3cc2OP(F)N1c1ccc(Cl)cc1. The van der Waals surface area contributed by atoms with Crippen LogP contribution in [0.15, 0.2) is 60.7 Å². The smallest absolute Gasteiger partial charge is 0.401 e. The van der Waals surface area contributed by atoms with Gasteiger partial charge in [-0.15, -0.1) is 0 Å². The van der Waals surface area contributed by atoms with Crippen molar-refractivity contribution in [1.29, 1.82) is 0 Å². The van der Waals surface area contributed by atoms with Crippen LogP contribution in [0.3, 0.4) is 0 Å². The topological polar surface area (TPSA) is 29.5 Å². The highest BCUT2D eigenvalue weighted by molar-refractivity contribution is 7.50.